The van der Waals surface area contributed by atoms with E-state index in [1.165, 1.54) is 32.1 Å². The quantitative estimate of drug-likeness (QED) is 0.722. The Bertz CT molecular complexity index is 312. The Labute approximate surface area is 109 Å². The second-order valence-electron chi connectivity index (χ2n) is 6.20. The summed E-state index contributed by atoms with van der Waals surface area (Å²) in [6, 6.07) is 1.03. The second-order valence-corrected chi connectivity index (χ2v) is 6.20. The molecule has 1 amide bonds. The smallest absolute Gasteiger partial charge is 0.241 e. The number of fused-ring (bicyclic) bond motifs is 1. The Hall–Kier alpha value is -0.610. The lowest BCUT2D eigenvalue weighted by molar-refractivity contribution is -0.138. The summed E-state index contributed by atoms with van der Waals surface area (Å²) in [5.74, 6) is 1.13. The van der Waals surface area contributed by atoms with Gasteiger partial charge in [-0.05, 0) is 38.5 Å². The first-order valence-electron chi connectivity index (χ1n) is 7.53. The van der Waals surface area contributed by atoms with Crippen molar-refractivity contribution in [1.82, 2.24) is 15.5 Å². The number of likely N-dealkylation sites (tertiary alicyclic amines) is 1. The molecule has 2 heterocycles. The molecule has 4 atom stereocenters. The number of nitrogens with one attached hydrogen (secondary N) is 2. The van der Waals surface area contributed by atoms with E-state index < -0.39 is 0 Å². The molecule has 4 unspecified atom stereocenters. The average Bonchev–Trinajstić information content (AvgIpc) is 2.87. The van der Waals surface area contributed by atoms with Gasteiger partial charge in [-0.3, -0.25) is 4.79 Å². The lowest BCUT2D eigenvalue weighted by Gasteiger charge is -2.41. The molecule has 102 valence electrons. The minimum Gasteiger partial charge on any atom is -0.338 e. The molecule has 3 fully saturated rings. The van der Waals surface area contributed by atoms with E-state index in [-0.39, 0.29) is 6.04 Å². The number of rotatable bonds is 1. The lowest BCUT2D eigenvalue weighted by atomic mass is 9.91. The van der Waals surface area contributed by atoms with Crippen molar-refractivity contribution in [3.05, 3.63) is 0 Å². The van der Waals surface area contributed by atoms with Gasteiger partial charge in [0, 0.05) is 31.7 Å². The fourth-order valence-corrected chi connectivity index (χ4v) is 3.88. The summed E-state index contributed by atoms with van der Waals surface area (Å²) < 4.78 is 0. The number of piperidine rings is 1. The van der Waals surface area contributed by atoms with Gasteiger partial charge in [-0.2, -0.15) is 0 Å². The predicted octanol–water partition coefficient (Wildman–Crippen LogP) is 0.727. The van der Waals surface area contributed by atoms with E-state index in [1.807, 2.05) is 0 Å². The van der Waals surface area contributed by atoms with Crippen LogP contribution >= 0.6 is 0 Å². The van der Waals surface area contributed by atoms with E-state index in [2.05, 4.69) is 22.5 Å². The third-order valence-corrected chi connectivity index (χ3v) is 4.92. The van der Waals surface area contributed by atoms with Gasteiger partial charge in [0.05, 0.1) is 6.04 Å². The van der Waals surface area contributed by atoms with Gasteiger partial charge in [-0.15, -0.1) is 0 Å². The molecule has 0 bridgehead atoms. The van der Waals surface area contributed by atoms with Crippen LogP contribution in [-0.2, 0) is 4.79 Å². The van der Waals surface area contributed by atoms with Gasteiger partial charge in [0.25, 0.3) is 0 Å². The van der Waals surface area contributed by atoms with Crippen molar-refractivity contribution >= 4 is 5.91 Å². The van der Waals surface area contributed by atoms with Gasteiger partial charge in [0.15, 0.2) is 0 Å². The van der Waals surface area contributed by atoms with Crippen LogP contribution in [0, 0.1) is 5.92 Å². The summed E-state index contributed by atoms with van der Waals surface area (Å²) in [5, 5.41) is 6.79. The molecule has 3 aliphatic rings. The summed E-state index contributed by atoms with van der Waals surface area (Å²) in [7, 11) is 0. The van der Waals surface area contributed by atoms with Gasteiger partial charge < -0.3 is 15.5 Å². The second kappa shape index (κ2) is 5.17. The van der Waals surface area contributed by atoms with Crippen LogP contribution in [0.5, 0.6) is 0 Å². The lowest BCUT2D eigenvalue weighted by Crippen LogP contribution is -2.61. The van der Waals surface area contributed by atoms with E-state index in [0.29, 0.717) is 18.0 Å². The molecule has 0 spiro atoms. The van der Waals surface area contributed by atoms with E-state index in [1.54, 1.807) is 0 Å². The van der Waals surface area contributed by atoms with Crippen LogP contribution in [0.2, 0.25) is 0 Å². The minimum absolute atomic E-state index is 0.000509. The normalized spacial score (nSPS) is 40.6. The molecular weight excluding hydrogens is 226 g/mol. The maximum Gasteiger partial charge on any atom is 0.241 e. The summed E-state index contributed by atoms with van der Waals surface area (Å²) in [4.78, 5) is 14.8. The van der Waals surface area contributed by atoms with Gasteiger partial charge in [-0.1, -0.05) is 6.42 Å². The first-order valence-corrected chi connectivity index (χ1v) is 7.53. The fraction of sp³-hybridized carbons (Fsp3) is 0.929. The largest absolute Gasteiger partial charge is 0.338 e. The van der Waals surface area contributed by atoms with Gasteiger partial charge in [0.2, 0.25) is 5.91 Å². The molecule has 4 heteroatoms. The molecule has 0 aromatic rings. The van der Waals surface area contributed by atoms with Gasteiger partial charge >= 0.3 is 0 Å². The molecular formula is C14H25N3O. The Morgan fingerprint density at radius 2 is 1.94 bits per heavy atom. The van der Waals surface area contributed by atoms with Crippen LogP contribution in [0.25, 0.3) is 0 Å². The molecule has 2 N–H and O–H groups in total. The Morgan fingerprint density at radius 1 is 1.11 bits per heavy atom. The number of nitrogens with zero attached hydrogens (tertiary/aromatic N) is 1. The van der Waals surface area contributed by atoms with Crippen molar-refractivity contribution in [2.24, 2.45) is 5.92 Å². The molecule has 0 radical (unpaired) electrons. The van der Waals surface area contributed by atoms with Crippen molar-refractivity contribution in [3.63, 3.8) is 0 Å². The minimum atomic E-state index is 0.000509. The standard InChI is InChI=1S/C14H25N3O/c1-10-8-16-12(9-15-10)14(18)17-7-3-5-11-4-2-6-13(11)17/h10-13,15-16H,2-9H2,1H3. The van der Waals surface area contributed by atoms with Crippen LogP contribution in [0.15, 0.2) is 0 Å². The summed E-state index contributed by atoms with van der Waals surface area (Å²) in [6.07, 6.45) is 6.41. The third kappa shape index (κ3) is 2.28. The zero-order valence-corrected chi connectivity index (χ0v) is 11.3. The monoisotopic (exact) mass is 251 g/mol. The van der Waals surface area contributed by atoms with Crippen LogP contribution in [0.4, 0.5) is 0 Å². The van der Waals surface area contributed by atoms with Crippen molar-refractivity contribution < 1.29 is 4.79 Å². The highest BCUT2D eigenvalue weighted by atomic mass is 16.2. The van der Waals surface area contributed by atoms with Gasteiger partial charge in [0.1, 0.15) is 0 Å². The topological polar surface area (TPSA) is 44.4 Å². The van der Waals surface area contributed by atoms with Crippen molar-refractivity contribution in [1.29, 1.82) is 0 Å². The molecule has 4 nitrogen and oxygen atoms in total. The van der Waals surface area contributed by atoms with Crippen LogP contribution in [-0.4, -0.2) is 48.6 Å². The zero-order chi connectivity index (χ0) is 12.5. The highest BCUT2D eigenvalue weighted by molar-refractivity contribution is 5.82. The molecule has 2 aliphatic heterocycles. The molecule has 2 saturated heterocycles. The summed E-state index contributed by atoms with van der Waals surface area (Å²) >= 11 is 0. The van der Waals surface area contributed by atoms with Crippen LogP contribution in [0.1, 0.15) is 39.0 Å². The zero-order valence-electron chi connectivity index (χ0n) is 11.3. The maximum absolute atomic E-state index is 12.6. The number of piperazine rings is 1. The number of hydrogen-bond donors (Lipinski definition) is 2. The molecule has 0 aromatic carbocycles. The molecule has 0 aromatic heterocycles. The first kappa shape index (κ1) is 12.4. The number of hydrogen-bond acceptors (Lipinski definition) is 3. The fourth-order valence-electron chi connectivity index (χ4n) is 3.88. The van der Waals surface area contributed by atoms with E-state index >= 15 is 0 Å². The highest BCUT2D eigenvalue weighted by Crippen LogP contribution is 2.36. The molecule has 1 saturated carbocycles. The maximum atomic E-state index is 12.6. The van der Waals surface area contributed by atoms with E-state index in [9.17, 15) is 4.79 Å². The molecule has 18 heavy (non-hydrogen) atoms. The SMILES string of the molecule is CC1CNC(C(=O)N2CCCC3CCCC32)CN1. The van der Waals surface area contributed by atoms with Crippen LogP contribution in [0.3, 0.4) is 0 Å². The third-order valence-electron chi connectivity index (χ3n) is 4.92. The van der Waals surface area contributed by atoms with E-state index in [4.69, 9.17) is 0 Å². The highest BCUT2D eigenvalue weighted by Gasteiger charge is 2.39. The van der Waals surface area contributed by atoms with Crippen molar-refractivity contribution in [2.45, 2.75) is 57.2 Å². The summed E-state index contributed by atoms with van der Waals surface area (Å²) in [5.41, 5.74) is 0. The summed E-state index contributed by atoms with van der Waals surface area (Å²) in [6.45, 7) is 4.82. The average molecular weight is 251 g/mol. The van der Waals surface area contributed by atoms with Crippen molar-refractivity contribution in [2.75, 3.05) is 19.6 Å². The number of carbonyl (C=O) groups excluding carboxylic acids is 1. The Morgan fingerprint density at radius 3 is 2.72 bits per heavy atom. The predicted molar refractivity (Wildman–Crippen MR) is 71.3 cm³/mol. The molecule has 1 aliphatic carbocycles. The first-order chi connectivity index (χ1) is 8.75. The van der Waals surface area contributed by atoms with E-state index in [0.717, 1.165) is 25.6 Å². The van der Waals surface area contributed by atoms with Crippen molar-refractivity contribution in [3.8, 4) is 0 Å². The number of carbonyl (C=O) groups is 1. The van der Waals surface area contributed by atoms with Gasteiger partial charge in [-0.25, -0.2) is 0 Å². The number of amides is 1. The molecule has 3 rings (SSSR count). The van der Waals surface area contributed by atoms with Crippen LogP contribution < -0.4 is 10.6 Å². The Kier molecular flexibility index (Phi) is 3.57. The Balaban J connectivity index is 1.64.